The van der Waals surface area contributed by atoms with Gasteiger partial charge in [0, 0.05) is 30.1 Å². The molecule has 2 N–H and O–H groups in total. The Morgan fingerprint density at radius 1 is 1.21 bits per heavy atom. The van der Waals surface area contributed by atoms with Crippen molar-refractivity contribution in [2.24, 2.45) is 0 Å². The molecule has 0 aliphatic rings. The number of aromatic nitrogens is 2. The zero-order chi connectivity index (χ0) is 16.9. The molecule has 0 radical (unpaired) electrons. The SMILES string of the molecule is Cc1ccsc1CN(Cc1cn[nH]c1-c1ccccc1)C[C@H](C)O. The molecular weight excluding hydrogens is 318 g/mol. The quantitative estimate of drug-likeness (QED) is 0.687. The standard InChI is InChI=1S/C19H23N3OS/c1-14-8-9-24-18(14)13-22(11-15(2)23)12-17-10-20-21-19(17)16-6-4-3-5-7-16/h3-10,15,23H,11-13H2,1-2H3,(H,20,21)/t15-/m0/s1. The molecule has 2 heterocycles. The van der Waals surface area contributed by atoms with Gasteiger partial charge in [0.15, 0.2) is 0 Å². The molecule has 126 valence electrons. The Labute approximate surface area is 146 Å². The van der Waals surface area contributed by atoms with Crippen LogP contribution in [0.15, 0.2) is 48.0 Å². The van der Waals surface area contributed by atoms with Gasteiger partial charge in [-0.25, -0.2) is 0 Å². The third-order valence-corrected chi connectivity index (χ3v) is 5.04. The van der Waals surface area contributed by atoms with Crippen LogP contribution in [0.3, 0.4) is 0 Å². The predicted molar refractivity (Wildman–Crippen MR) is 98.9 cm³/mol. The van der Waals surface area contributed by atoms with E-state index in [4.69, 9.17) is 0 Å². The first-order chi connectivity index (χ1) is 11.6. The molecule has 0 saturated carbocycles. The topological polar surface area (TPSA) is 52.2 Å². The Morgan fingerprint density at radius 3 is 2.67 bits per heavy atom. The number of rotatable bonds is 7. The van der Waals surface area contributed by atoms with E-state index in [1.165, 1.54) is 10.4 Å². The average Bonchev–Trinajstić information content (AvgIpc) is 3.17. The summed E-state index contributed by atoms with van der Waals surface area (Å²) in [5.74, 6) is 0. The fourth-order valence-electron chi connectivity index (χ4n) is 2.85. The fourth-order valence-corrected chi connectivity index (χ4v) is 3.80. The summed E-state index contributed by atoms with van der Waals surface area (Å²) >= 11 is 1.77. The lowest BCUT2D eigenvalue weighted by Crippen LogP contribution is -2.30. The van der Waals surface area contributed by atoms with E-state index in [2.05, 4.69) is 45.6 Å². The summed E-state index contributed by atoms with van der Waals surface area (Å²) in [7, 11) is 0. The zero-order valence-electron chi connectivity index (χ0n) is 14.1. The van der Waals surface area contributed by atoms with E-state index in [0.717, 1.165) is 29.9 Å². The number of aliphatic hydroxyl groups is 1. The van der Waals surface area contributed by atoms with Crippen LogP contribution in [0.2, 0.25) is 0 Å². The Kier molecular flexibility index (Phi) is 5.45. The lowest BCUT2D eigenvalue weighted by molar-refractivity contribution is 0.119. The van der Waals surface area contributed by atoms with Crippen LogP contribution in [-0.2, 0) is 13.1 Å². The monoisotopic (exact) mass is 341 g/mol. The van der Waals surface area contributed by atoms with Gasteiger partial charge in [0.2, 0.25) is 0 Å². The number of hydrogen-bond donors (Lipinski definition) is 2. The lowest BCUT2D eigenvalue weighted by atomic mass is 10.1. The first kappa shape index (κ1) is 16.9. The molecule has 0 unspecified atom stereocenters. The number of nitrogens with one attached hydrogen (secondary N) is 1. The van der Waals surface area contributed by atoms with Gasteiger partial charge in [-0.05, 0) is 36.4 Å². The Balaban J connectivity index is 1.81. The molecule has 4 nitrogen and oxygen atoms in total. The van der Waals surface area contributed by atoms with Crippen LogP contribution in [0.1, 0.15) is 22.9 Å². The number of aliphatic hydroxyl groups excluding tert-OH is 1. The highest BCUT2D eigenvalue weighted by atomic mass is 32.1. The van der Waals surface area contributed by atoms with Crippen LogP contribution in [-0.4, -0.2) is 32.9 Å². The van der Waals surface area contributed by atoms with E-state index in [1.54, 1.807) is 11.3 Å². The maximum Gasteiger partial charge on any atom is 0.0695 e. The van der Waals surface area contributed by atoms with Crippen molar-refractivity contribution in [3.63, 3.8) is 0 Å². The molecule has 0 bridgehead atoms. The number of aromatic amines is 1. The first-order valence-corrected chi connectivity index (χ1v) is 9.02. The van der Waals surface area contributed by atoms with Crippen molar-refractivity contribution in [1.29, 1.82) is 0 Å². The summed E-state index contributed by atoms with van der Waals surface area (Å²) in [6, 6.07) is 12.4. The van der Waals surface area contributed by atoms with E-state index >= 15 is 0 Å². The number of thiophene rings is 1. The highest BCUT2D eigenvalue weighted by Crippen LogP contribution is 2.24. The number of benzene rings is 1. The fraction of sp³-hybridized carbons (Fsp3) is 0.316. The van der Waals surface area contributed by atoms with E-state index < -0.39 is 0 Å². The second kappa shape index (κ2) is 7.75. The van der Waals surface area contributed by atoms with E-state index in [1.807, 2.05) is 31.3 Å². The Morgan fingerprint density at radius 2 is 2.00 bits per heavy atom. The van der Waals surface area contributed by atoms with Crippen molar-refractivity contribution >= 4 is 11.3 Å². The summed E-state index contributed by atoms with van der Waals surface area (Å²) < 4.78 is 0. The molecule has 3 rings (SSSR count). The van der Waals surface area contributed by atoms with Gasteiger partial charge in [0.05, 0.1) is 18.0 Å². The van der Waals surface area contributed by atoms with E-state index in [-0.39, 0.29) is 6.10 Å². The highest BCUT2D eigenvalue weighted by molar-refractivity contribution is 7.10. The van der Waals surface area contributed by atoms with Gasteiger partial charge in [0.1, 0.15) is 0 Å². The van der Waals surface area contributed by atoms with Crippen molar-refractivity contribution in [1.82, 2.24) is 15.1 Å². The Hall–Kier alpha value is -1.95. The molecule has 2 aromatic heterocycles. The molecule has 0 fully saturated rings. The third-order valence-electron chi connectivity index (χ3n) is 4.03. The number of hydrogen-bond acceptors (Lipinski definition) is 4. The van der Waals surface area contributed by atoms with Gasteiger partial charge in [-0.15, -0.1) is 11.3 Å². The van der Waals surface area contributed by atoms with Crippen molar-refractivity contribution in [3.8, 4) is 11.3 Å². The second-order valence-electron chi connectivity index (χ2n) is 6.18. The molecule has 0 saturated heterocycles. The molecule has 0 amide bonds. The van der Waals surface area contributed by atoms with Crippen LogP contribution >= 0.6 is 11.3 Å². The van der Waals surface area contributed by atoms with Gasteiger partial charge in [-0.2, -0.15) is 5.10 Å². The normalized spacial score (nSPS) is 12.7. The van der Waals surface area contributed by atoms with E-state index in [0.29, 0.717) is 6.54 Å². The maximum atomic E-state index is 9.87. The summed E-state index contributed by atoms with van der Waals surface area (Å²) in [5.41, 5.74) is 4.64. The minimum absolute atomic E-state index is 0.364. The molecule has 0 spiro atoms. The van der Waals surface area contributed by atoms with Crippen molar-refractivity contribution in [2.45, 2.75) is 33.0 Å². The Bertz CT molecular complexity index is 764. The average molecular weight is 341 g/mol. The van der Waals surface area contributed by atoms with Gasteiger partial charge in [-0.1, -0.05) is 30.3 Å². The molecule has 1 aromatic carbocycles. The second-order valence-corrected chi connectivity index (χ2v) is 7.18. The third kappa shape index (κ3) is 4.12. The maximum absolute atomic E-state index is 9.87. The van der Waals surface area contributed by atoms with Gasteiger partial charge in [0.25, 0.3) is 0 Å². The van der Waals surface area contributed by atoms with Crippen LogP contribution in [0.5, 0.6) is 0 Å². The minimum Gasteiger partial charge on any atom is -0.392 e. The number of aryl methyl sites for hydroxylation is 1. The first-order valence-electron chi connectivity index (χ1n) is 8.14. The highest BCUT2D eigenvalue weighted by Gasteiger charge is 2.16. The summed E-state index contributed by atoms with van der Waals surface area (Å²) in [4.78, 5) is 3.63. The van der Waals surface area contributed by atoms with Crippen LogP contribution < -0.4 is 0 Å². The predicted octanol–water partition coefficient (Wildman–Crippen LogP) is 3.83. The van der Waals surface area contributed by atoms with Crippen LogP contribution in [0, 0.1) is 6.92 Å². The van der Waals surface area contributed by atoms with Gasteiger partial charge in [-0.3, -0.25) is 10.00 Å². The number of H-pyrrole nitrogens is 1. The molecule has 3 aromatic rings. The molecule has 0 aliphatic heterocycles. The van der Waals surface area contributed by atoms with E-state index in [9.17, 15) is 5.11 Å². The molecule has 24 heavy (non-hydrogen) atoms. The van der Waals surface area contributed by atoms with Gasteiger partial charge < -0.3 is 5.11 Å². The van der Waals surface area contributed by atoms with Crippen molar-refractivity contribution in [2.75, 3.05) is 6.54 Å². The lowest BCUT2D eigenvalue weighted by Gasteiger charge is -2.23. The van der Waals surface area contributed by atoms with Gasteiger partial charge >= 0.3 is 0 Å². The smallest absolute Gasteiger partial charge is 0.0695 e. The summed E-state index contributed by atoms with van der Waals surface area (Å²) in [6.45, 7) is 6.20. The van der Waals surface area contributed by atoms with Crippen molar-refractivity contribution < 1.29 is 5.11 Å². The molecule has 5 heteroatoms. The molecule has 0 aliphatic carbocycles. The van der Waals surface area contributed by atoms with Crippen LogP contribution in [0.25, 0.3) is 11.3 Å². The molecular formula is C19H23N3OS. The molecule has 1 atom stereocenters. The van der Waals surface area contributed by atoms with Crippen molar-refractivity contribution in [3.05, 3.63) is 64.0 Å². The summed E-state index contributed by atoms with van der Waals surface area (Å²) in [5, 5.41) is 19.3. The zero-order valence-corrected chi connectivity index (χ0v) is 14.9. The minimum atomic E-state index is -0.364. The largest absolute Gasteiger partial charge is 0.392 e. The number of nitrogens with zero attached hydrogens (tertiary/aromatic N) is 2. The summed E-state index contributed by atoms with van der Waals surface area (Å²) in [6.07, 6.45) is 1.52. The van der Waals surface area contributed by atoms with Crippen LogP contribution in [0.4, 0.5) is 0 Å².